The van der Waals surface area contributed by atoms with E-state index >= 15 is 0 Å². The molecule has 0 saturated heterocycles. The van der Waals surface area contributed by atoms with Gasteiger partial charge >= 0.3 is 0 Å². The largest absolute Gasteiger partial charge is 0.326 e. The van der Waals surface area contributed by atoms with Crippen LogP contribution in [0.2, 0.25) is 0 Å². The van der Waals surface area contributed by atoms with Crippen molar-refractivity contribution in [1.29, 1.82) is 0 Å². The summed E-state index contributed by atoms with van der Waals surface area (Å²) < 4.78 is 13.5. The Morgan fingerprint density at radius 3 is 2.71 bits per heavy atom. The third-order valence-corrected chi connectivity index (χ3v) is 3.78. The SMILES string of the molecule is O=C(CCC(=O)c1ccc2c(c1)CC(=O)N2)Nc1ccccc1F. The molecule has 0 aromatic heterocycles. The van der Waals surface area contributed by atoms with Gasteiger partial charge in [-0.1, -0.05) is 12.1 Å². The number of nitrogens with one attached hydrogen (secondary N) is 2. The van der Waals surface area contributed by atoms with E-state index in [0.29, 0.717) is 11.3 Å². The number of carbonyl (C=O) groups excluding carboxylic acids is 3. The van der Waals surface area contributed by atoms with Gasteiger partial charge in [0.1, 0.15) is 5.82 Å². The fourth-order valence-electron chi connectivity index (χ4n) is 2.55. The van der Waals surface area contributed by atoms with Gasteiger partial charge in [0, 0.05) is 24.1 Å². The van der Waals surface area contributed by atoms with E-state index in [9.17, 15) is 18.8 Å². The minimum atomic E-state index is -0.520. The normalized spacial score (nSPS) is 12.5. The first kappa shape index (κ1) is 15.9. The van der Waals surface area contributed by atoms with Gasteiger partial charge in [-0.2, -0.15) is 0 Å². The number of fused-ring (bicyclic) bond motifs is 1. The fourth-order valence-corrected chi connectivity index (χ4v) is 2.55. The Balaban J connectivity index is 1.58. The minimum Gasteiger partial charge on any atom is -0.326 e. The number of carbonyl (C=O) groups is 3. The lowest BCUT2D eigenvalue weighted by atomic mass is 10.0. The second-order valence-corrected chi connectivity index (χ2v) is 5.55. The van der Waals surface area contributed by atoms with E-state index in [-0.39, 0.29) is 36.6 Å². The van der Waals surface area contributed by atoms with E-state index in [4.69, 9.17) is 0 Å². The maximum Gasteiger partial charge on any atom is 0.228 e. The Bertz CT molecular complexity index is 833. The molecule has 24 heavy (non-hydrogen) atoms. The van der Waals surface area contributed by atoms with Crippen LogP contribution in [0.25, 0.3) is 0 Å². The molecule has 1 aliphatic heterocycles. The number of para-hydroxylation sites is 1. The Labute approximate surface area is 137 Å². The zero-order valence-corrected chi connectivity index (χ0v) is 12.8. The van der Waals surface area contributed by atoms with E-state index in [2.05, 4.69) is 10.6 Å². The van der Waals surface area contributed by atoms with Gasteiger partial charge in [0.15, 0.2) is 5.78 Å². The van der Waals surface area contributed by atoms with E-state index in [1.165, 1.54) is 18.2 Å². The highest BCUT2D eigenvalue weighted by Crippen LogP contribution is 2.24. The van der Waals surface area contributed by atoms with Crippen LogP contribution in [0.15, 0.2) is 42.5 Å². The smallest absolute Gasteiger partial charge is 0.228 e. The molecule has 0 aliphatic carbocycles. The average Bonchev–Trinajstić information content (AvgIpc) is 2.94. The molecule has 0 saturated carbocycles. The highest BCUT2D eigenvalue weighted by atomic mass is 19.1. The molecule has 3 rings (SSSR count). The van der Waals surface area contributed by atoms with Crippen molar-refractivity contribution in [2.24, 2.45) is 0 Å². The van der Waals surface area contributed by atoms with Crippen LogP contribution in [-0.4, -0.2) is 17.6 Å². The molecule has 1 aliphatic rings. The van der Waals surface area contributed by atoms with Crippen LogP contribution in [0, 0.1) is 5.82 Å². The Morgan fingerprint density at radius 1 is 1.12 bits per heavy atom. The number of rotatable bonds is 5. The van der Waals surface area contributed by atoms with Crippen molar-refractivity contribution in [2.75, 3.05) is 10.6 Å². The van der Waals surface area contributed by atoms with Crippen molar-refractivity contribution >= 4 is 29.0 Å². The van der Waals surface area contributed by atoms with Crippen molar-refractivity contribution < 1.29 is 18.8 Å². The molecule has 0 atom stereocenters. The molecule has 0 unspecified atom stereocenters. The molecule has 1 heterocycles. The molecule has 2 aromatic carbocycles. The van der Waals surface area contributed by atoms with Gasteiger partial charge < -0.3 is 10.6 Å². The van der Waals surface area contributed by atoms with Gasteiger partial charge in [0.05, 0.1) is 12.1 Å². The van der Waals surface area contributed by atoms with E-state index in [0.717, 1.165) is 5.56 Å². The molecule has 0 radical (unpaired) electrons. The maximum atomic E-state index is 13.5. The number of hydrogen-bond donors (Lipinski definition) is 2. The standard InChI is InChI=1S/C18H15FN2O3/c19-13-3-1-2-4-15(13)21-17(23)8-7-16(22)11-5-6-14-12(9-11)10-18(24)20-14/h1-6,9H,7-8,10H2,(H,20,24)(H,21,23). The van der Waals surface area contributed by atoms with Crippen molar-refractivity contribution in [3.63, 3.8) is 0 Å². The highest BCUT2D eigenvalue weighted by Gasteiger charge is 2.19. The van der Waals surface area contributed by atoms with Gasteiger partial charge in [-0.05, 0) is 35.9 Å². The summed E-state index contributed by atoms with van der Waals surface area (Å²) in [4.78, 5) is 35.4. The second-order valence-electron chi connectivity index (χ2n) is 5.55. The highest BCUT2D eigenvalue weighted by molar-refractivity contribution is 6.03. The van der Waals surface area contributed by atoms with Crippen molar-refractivity contribution in [3.8, 4) is 0 Å². The number of hydrogen-bond acceptors (Lipinski definition) is 3. The van der Waals surface area contributed by atoms with E-state index < -0.39 is 11.7 Å². The third kappa shape index (κ3) is 3.48. The van der Waals surface area contributed by atoms with E-state index in [1.807, 2.05) is 0 Å². The third-order valence-electron chi connectivity index (χ3n) is 3.78. The van der Waals surface area contributed by atoms with Crippen molar-refractivity contribution in [2.45, 2.75) is 19.3 Å². The van der Waals surface area contributed by atoms with Crippen LogP contribution in [0.3, 0.4) is 0 Å². The number of halogens is 1. The number of anilines is 2. The van der Waals surface area contributed by atoms with Crippen molar-refractivity contribution in [1.82, 2.24) is 0 Å². The lowest BCUT2D eigenvalue weighted by Crippen LogP contribution is -2.14. The summed E-state index contributed by atoms with van der Waals surface area (Å²) in [6.07, 6.45) is 0.228. The fraction of sp³-hybridized carbons (Fsp3) is 0.167. The maximum absolute atomic E-state index is 13.5. The molecule has 122 valence electrons. The van der Waals surface area contributed by atoms with Gasteiger partial charge in [-0.25, -0.2) is 4.39 Å². The van der Waals surface area contributed by atoms with Gasteiger partial charge in [0.2, 0.25) is 11.8 Å². The number of amides is 2. The molecular weight excluding hydrogens is 311 g/mol. The summed E-state index contributed by atoms with van der Waals surface area (Å²) in [5, 5.41) is 5.14. The first-order valence-corrected chi connectivity index (χ1v) is 7.53. The molecule has 2 aromatic rings. The quantitative estimate of drug-likeness (QED) is 0.830. The Kier molecular flexibility index (Phi) is 4.37. The average molecular weight is 326 g/mol. The number of Topliss-reactive ketones (excluding diaryl/α,β-unsaturated/α-hetero) is 1. The topological polar surface area (TPSA) is 75.3 Å². The van der Waals surface area contributed by atoms with Crippen LogP contribution < -0.4 is 10.6 Å². The molecule has 0 bridgehead atoms. The van der Waals surface area contributed by atoms with Crippen LogP contribution in [0.5, 0.6) is 0 Å². The Morgan fingerprint density at radius 2 is 1.92 bits per heavy atom. The summed E-state index contributed by atoms with van der Waals surface area (Å²) in [5.41, 5.74) is 2.05. The van der Waals surface area contributed by atoms with Gasteiger partial charge in [-0.15, -0.1) is 0 Å². The summed E-state index contributed by atoms with van der Waals surface area (Å²) in [7, 11) is 0. The monoisotopic (exact) mass is 326 g/mol. The minimum absolute atomic E-state index is 0.0143. The summed E-state index contributed by atoms with van der Waals surface area (Å²) >= 11 is 0. The Hall–Kier alpha value is -3.02. The second kappa shape index (κ2) is 6.62. The van der Waals surface area contributed by atoms with Crippen LogP contribution >= 0.6 is 0 Å². The molecule has 0 spiro atoms. The zero-order valence-electron chi connectivity index (χ0n) is 12.8. The molecule has 0 fully saturated rings. The summed E-state index contributed by atoms with van der Waals surface area (Å²) in [6, 6.07) is 10.8. The molecule has 2 amide bonds. The summed E-state index contributed by atoms with van der Waals surface area (Å²) in [5.74, 6) is -1.24. The van der Waals surface area contributed by atoms with Gasteiger partial charge in [0.25, 0.3) is 0 Å². The first-order chi connectivity index (χ1) is 11.5. The van der Waals surface area contributed by atoms with Crippen LogP contribution in [-0.2, 0) is 16.0 Å². The zero-order chi connectivity index (χ0) is 17.1. The van der Waals surface area contributed by atoms with E-state index in [1.54, 1.807) is 24.3 Å². The van der Waals surface area contributed by atoms with Crippen molar-refractivity contribution in [3.05, 3.63) is 59.4 Å². The van der Waals surface area contributed by atoms with Gasteiger partial charge in [-0.3, -0.25) is 14.4 Å². The predicted molar refractivity (Wildman–Crippen MR) is 87.4 cm³/mol. The molecular formula is C18H15FN2O3. The summed E-state index contributed by atoms with van der Waals surface area (Å²) in [6.45, 7) is 0. The molecule has 2 N–H and O–H groups in total. The lowest BCUT2D eigenvalue weighted by molar-refractivity contribution is -0.116. The first-order valence-electron chi connectivity index (χ1n) is 7.53. The number of benzene rings is 2. The predicted octanol–water partition coefficient (Wildman–Crippen LogP) is 2.92. The molecule has 5 nitrogen and oxygen atoms in total. The lowest BCUT2D eigenvalue weighted by Gasteiger charge is -2.06. The number of ketones is 1. The van der Waals surface area contributed by atoms with Crippen LogP contribution in [0.1, 0.15) is 28.8 Å². The molecule has 6 heteroatoms. The van der Waals surface area contributed by atoms with Crippen LogP contribution in [0.4, 0.5) is 15.8 Å².